The van der Waals surface area contributed by atoms with Gasteiger partial charge >= 0.3 is 12.4 Å². The number of nitrogens with one attached hydrogen (secondary N) is 3. The first-order valence-corrected chi connectivity index (χ1v) is 17.7. The molecule has 3 N–H and O–H groups in total. The van der Waals surface area contributed by atoms with Gasteiger partial charge in [-0.05, 0) is 90.1 Å². The first-order valence-electron chi connectivity index (χ1n) is 17.7. The van der Waals surface area contributed by atoms with Gasteiger partial charge in [-0.3, -0.25) is 14.4 Å². The van der Waals surface area contributed by atoms with Crippen LogP contribution in [0.1, 0.15) is 72.0 Å². The fourth-order valence-corrected chi connectivity index (χ4v) is 7.75. The third-order valence-electron chi connectivity index (χ3n) is 10.3. The van der Waals surface area contributed by atoms with Gasteiger partial charge in [0.2, 0.25) is 11.8 Å². The van der Waals surface area contributed by atoms with Crippen LogP contribution in [-0.2, 0) is 21.2 Å². The largest absolute Gasteiger partial charge is 0.416 e. The minimum absolute atomic E-state index is 0.164. The fourth-order valence-electron chi connectivity index (χ4n) is 7.75. The Hall–Kier alpha value is -5.13. The lowest BCUT2D eigenvalue weighted by atomic mass is 9.73. The van der Waals surface area contributed by atoms with E-state index in [2.05, 4.69) is 16.0 Å². The van der Waals surface area contributed by atoms with Gasteiger partial charge < -0.3 is 16.0 Å². The Morgan fingerprint density at radius 2 is 1.30 bits per heavy atom. The normalized spacial score (nSPS) is 17.7. The van der Waals surface area contributed by atoms with E-state index < -0.39 is 35.8 Å². The molecule has 1 fully saturated rings. The quantitative estimate of drug-likeness (QED) is 0.107. The maximum absolute atomic E-state index is 13.7. The number of hydrogen-bond donors (Lipinski definition) is 3. The summed E-state index contributed by atoms with van der Waals surface area (Å²) >= 11 is 0. The number of alkyl halides is 6. The lowest BCUT2D eigenvalue weighted by Gasteiger charge is -2.31. The Bertz CT molecular complexity index is 1910. The molecule has 2 aliphatic carbocycles. The van der Waals surface area contributed by atoms with Crippen LogP contribution in [0.2, 0.25) is 0 Å². The zero-order valence-corrected chi connectivity index (χ0v) is 28.7. The van der Waals surface area contributed by atoms with E-state index >= 15 is 0 Å². The lowest BCUT2D eigenvalue weighted by molar-refractivity contribution is -0.141. The first-order chi connectivity index (χ1) is 25.3. The second-order valence-electron chi connectivity index (χ2n) is 13.7. The van der Waals surface area contributed by atoms with E-state index in [0.717, 1.165) is 23.3 Å². The number of rotatable bonds is 11. The molecule has 2 atom stereocenters. The standard InChI is InChI=1S/C41H39F6N3O3/c42-40(43,44)25-49-38(53)39(34-16-5-3-13-31(34)32-14-4-6-17-35(32)39)22-7-8-23-48-36(51)27-10-9-11-29(24-27)50-37(52)33-15-2-1-12-30(33)26-18-20-28(21-19-26)41(45,46)47/h1-6,12-21,27,29H,7-11,22-25H2,(H,48,51)(H,49,53)(H,50,52). The van der Waals surface area contributed by atoms with Crippen LogP contribution in [0.3, 0.4) is 0 Å². The summed E-state index contributed by atoms with van der Waals surface area (Å²) in [5, 5.41) is 8.12. The highest BCUT2D eigenvalue weighted by Crippen LogP contribution is 2.51. The molecule has 2 aliphatic rings. The Labute approximate surface area is 303 Å². The van der Waals surface area contributed by atoms with Crippen LogP contribution in [0.4, 0.5) is 26.3 Å². The van der Waals surface area contributed by atoms with Gasteiger partial charge in [-0.1, -0.05) is 85.3 Å². The maximum atomic E-state index is 13.7. The molecular weight excluding hydrogens is 696 g/mol. The predicted molar refractivity (Wildman–Crippen MR) is 189 cm³/mol. The van der Waals surface area contributed by atoms with Crippen molar-refractivity contribution in [1.29, 1.82) is 0 Å². The van der Waals surface area contributed by atoms with Crippen LogP contribution >= 0.6 is 0 Å². The van der Waals surface area contributed by atoms with Crippen molar-refractivity contribution >= 4 is 17.7 Å². The highest BCUT2D eigenvalue weighted by molar-refractivity contribution is 6.01. The summed E-state index contributed by atoms with van der Waals surface area (Å²) in [6.07, 6.45) is -5.45. The fraction of sp³-hybridized carbons (Fsp3) is 0.341. The summed E-state index contributed by atoms with van der Waals surface area (Å²) in [5.74, 6) is -1.61. The van der Waals surface area contributed by atoms with Gasteiger partial charge in [0.15, 0.2) is 0 Å². The lowest BCUT2D eigenvalue weighted by Crippen LogP contribution is -2.47. The first kappa shape index (κ1) is 37.6. The molecule has 0 aliphatic heterocycles. The van der Waals surface area contributed by atoms with Crippen LogP contribution in [0.25, 0.3) is 22.3 Å². The van der Waals surface area contributed by atoms with Crippen molar-refractivity contribution in [2.45, 2.75) is 68.8 Å². The number of halogens is 6. The van der Waals surface area contributed by atoms with Crippen molar-refractivity contribution in [2.24, 2.45) is 5.92 Å². The van der Waals surface area contributed by atoms with E-state index in [1.54, 1.807) is 48.5 Å². The highest BCUT2D eigenvalue weighted by atomic mass is 19.4. The van der Waals surface area contributed by atoms with Crippen molar-refractivity contribution in [3.63, 3.8) is 0 Å². The van der Waals surface area contributed by atoms with Gasteiger partial charge in [0.1, 0.15) is 12.0 Å². The molecule has 0 aromatic heterocycles. The molecule has 4 aromatic rings. The molecule has 12 heteroatoms. The monoisotopic (exact) mass is 735 g/mol. The topological polar surface area (TPSA) is 87.3 Å². The van der Waals surface area contributed by atoms with Gasteiger partial charge in [-0.15, -0.1) is 0 Å². The number of fused-ring (bicyclic) bond motifs is 3. The number of benzene rings is 4. The summed E-state index contributed by atoms with van der Waals surface area (Å²) in [6.45, 7) is -1.14. The minimum Gasteiger partial charge on any atom is -0.356 e. The molecule has 0 radical (unpaired) electrons. The SMILES string of the molecule is O=C(NC1CCCC(C(=O)NCCCCC2(C(=O)NCC(F)(F)F)c3ccccc3-c3ccccc32)C1)c1ccccc1-c1ccc(C(F)(F)F)cc1. The van der Waals surface area contributed by atoms with Crippen molar-refractivity contribution in [3.05, 3.63) is 119 Å². The summed E-state index contributed by atoms with van der Waals surface area (Å²) in [4.78, 5) is 40.4. The van der Waals surface area contributed by atoms with E-state index in [9.17, 15) is 40.7 Å². The van der Waals surface area contributed by atoms with E-state index in [-0.39, 0.29) is 30.2 Å². The van der Waals surface area contributed by atoms with Gasteiger partial charge in [-0.25, -0.2) is 0 Å². The van der Waals surface area contributed by atoms with Crippen molar-refractivity contribution in [1.82, 2.24) is 16.0 Å². The molecule has 2 unspecified atom stereocenters. The second kappa shape index (κ2) is 15.5. The molecule has 6 nitrogen and oxygen atoms in total. The number of amides is 3. The second-order valence-corrected chi connectivity index (χ2v) is 13.7. The zero-order valence-electron chi connectivity index (χ0n) is 28.7. The number of unbranched alkanes of at least 4 members (excludes halogenated alkanes) is 1. The predicted octanol–water partition coefficient (Wildman–Crippen LogP) is 8.59. The van der Waals surface area contributed by atoms with Crippen LogP contribution in [0, 0.1) is 5.92 Å². The van der Waals surface area contributed by atoms with Gasteiger partial charge in [-0.2, -0.15) is 26.3 Å². The Balaban J connectivity index is 1.05. The van der Waals surface area contributed by atoms with E-state index in [1.165, 1.54) is 12.1 Å². The molecule has 278 valence electrons. The van der Waals surface area contributed by atoms with E-state index in [1.807, 2.05) is 24.3 Å². The number of carbonyl (C=O) groups excluding carboxylic acids is 3. The van der Waals surface area contributed by atoms with Crippen LogP contribution < -0.4 is 16.0 Å². The van der Waals surface area contributed by atoms with Gasteiger partial charge in [0.25, 0.3) is 5.91 Å². The Morgan fingerprint density at radius 1 is 0.698 bits per heavy atom. The molecule has 53 heavy (non-hydrogen) atoms. The summed E-state index contributed by atoms with van der Waals surface area (Å²) < 4.78 is 78.8. The number of hydrogen-bond acceptors (Lipinski definition) is 3. The summed E-state index contributed by atoms with van der Waals surface area (Å²) in [6, 6.07) is 25.5. The molecule has 0 spiro atoms. The minimum atomic E-state index is -4.57. The maximum Gasteiger partial charge on any atom is 0.416 e. The van der Waals surface area contributed by atoms with Gasteiger partial charge in [0.05, 0.1) is 5.56 Å². The average molecular weight is 736 g/mol. The molecule has 0 bridgehead atoms. The summed E-state index contributed by atoms with van der Waals surface area (Å²) in [7, 11) is 0. The van der Waals surface area contributed by atoms with Crippen LogP contribution in [0.15, 0.2) is 97.1 Å². The molecule has 6 rings (SSSR count). The summed E-state index contributed by atoms with van der Waals surface area (Å²) in [5.41, 5.74) is 2.10. The molecule has 0 heterocycles. The van der Waals surface area contributed by atoms with E-state index in [4.69, 9.17) is 0 Å². The van der Waals surface area contributed by atoms with Crippen molar-refractivity contribution in [2.75, 3.05) is 13.1 Å². The highest BCUT2D eigenvalue weighted by Gasteiger charge is 2.49. The molecular formula is C41H39F6N3O3. The van der Waals surface area contributed by atoms with Crippen molar-refractivity contribution in [3.8, 4) is 22.3 Å². The number of carbonyl (C=O) groups is 3. The van der Waals surface area contributed by atoms with E-state index in [0.29, 0.717) is 72.9 Å². The average Bonchev–Trinajstić information content (AvgIpc) is 3.43. The third kappa shape index (κ3) is 8.26. The Morgan fingerprint density at radius 3 is 1.92 bits per heavy atom. The Kier molecular flexibility index (Phi) is 11.0. The molecule has 1 saturated carbocycles. The van der Waals surface area contributed by atoms with Crippen molar-refractivity contribution < 1.29 is 40.7 Å². The van der Waals surface area contributed by atoms with Gasteiger partial charge in [0, 0.05) is 24.1 Å². The van der Waals surface area contributed by atoms with Crippen LogP contribution in [0.5, 0.6) is 0 Å². The molecule has 3 amide bonds. The zero-order chi connectivity index (χ0) is 37.8. The third-order valence-corrected chi connectivity index (χ3v) is 10.3. The molecule has 0 saturated heterocycles. The molecule has 4 aromatic carbocycles. The smallest absolute Gasteiger partial charge is 0.356 e. The van der Waals surface area contributed by atoms with Crippen LogP contribution in [-0.4, -0.2) is 43.0 Å².